The topological polar surface area (TPSA) is 67.9 Å². The van der Waals surface area contributed by atoms with Crippen LogP contribution in [0.25, 0.3) is 0 Å². The molecule has 0 spiro atoms. The standard InChI is InChI=1S/C24H32FN5O2/c1-4-26-23(31)24(32)27-17-22(18-5-9-20(10-6-18)28(2)3)30-15-13-29(14-16-30)21-11-7-19(25)8-12-21/h5-12,22H,4,13-17H2,1-3H3,(H,26,31)(H,27,32)/t22-/m1/s1. The number of likely N-dealkylation sites (N-methyl/N-ethyl adjacent to an activating group) is 1. The number of carbonyl (C=O) groups excluding carboxylic acids is 2. The van der Waals surface area contributed by atoms with E-state index in [1.807, 2.05) is 19.0 Å². The molecule has 0 unspecified atom stereocenters. The molecule has 1 aliphatic rings. The zero-order valence-corrected chi connectivity index (χ0v) is 19.0. The molecule has 2 aromatic rings. The van der Waals surface area contributed by atoms with Gasteiger partial charge in [0.1, 0.15) is 5.82 Å². The van der Waals surface area contributed by atoms with Gasteiger partial charge in [-0.2, -0.15) is 0 Å². The molecule has 2 amide bonds. The van der Waals surface area contributed by atoms with Crippen LogP contribution >= 0.6 is 0 Å². The minimum absolute atomic E-state index is 0.0556. The maximum Gasteiger partial charge on any atom is 0.309 e. The van der Waals surface area contributed by atoms with Gasteiger partial charge < -0.3 is 20.4 Å². The van der Waals surface area contributed by atoms with Crippen molar-refractivity contribution in [1.82, 2.24) is 15.5 Å². The Balaban J connectivity index is 1.71. The van der Waals surface area contributed by atoms with Crippen molar-refractivity contribution in [3.8, 4) is 0 Å². The van der Waals surface area contributed by atoms with Crippen LogP contribution in [0.5, 0.6) is 0 Å². The highest BCUT2D eigenvalue weighted by Crippen LogP contribution is 2.26. The van der Waals surface area contributed by atoms with Gasteiger partial charge in [0.2, 0.25) is 0 Å². The smallest absolute Gasteiger partial charge is 0.309 e. The van der Waals surface area contributed by atoms with Crippen molar-refractivity contribution >= 4 is 23.2 Å². The van der Waals surface area contributed by atoms with E-state index in [9.17, 15) is 14.0 Å². The number of hydrogen-bond donors (Lipinski definition) is 2. The first kappa shape index (κ1) is 23.5. The maximum absolute atomic E-state index is 13.3. The second-order valence-corrected chi connectivity index (χ2v) is 8.07. The van der Waals surface area contributed by atoms with E-state index in [1.165, 1.54) is 12.1 Å². The average Bonchev–Trinajstić information content (AvgIpc) is 2.80. The van der Waals surface area contributed by atoms with Crippen LogP contribution in [0.4, 0.5) is 15.8 Å². The van der Waals surface area contributed by atoms with E-state index in [0.717, 1.165) is 43.1 Å². The predicted molar refractivity (Wildman–Crippen MR) is 125 cm³/mol. The summed E-state index contributed by atoms with van der Waals surface area (Å²) in [6.45, 7) is 5.69. The molecule has 0 aromatic heterocycles. The van der Waals surface area contributed by atoms with Crippen molar-refractivity contribution in [2.75, 3.05) is 63.2 Å². The predicted octanol–water partition coefficient (Wildman–Crippen LogP) is 2.01. The van der Waals surface area contributed by atoms with Gasteiger partial charge in [-0.15, -0.1) is 0 Å². The van der Waals surface area contributed by atoms with E-state index in [-0.39, 0.29) is 11.9 Å². The number of hydrogen-bond acceptors (Lipinski definition) is 5. The lowest BCUT2D eigenvalue weighted by molar-refractivity contribution is -0.139. The summed E-state index contributed by atoms with van der Waals surface area (Å²) in [5.41, 5.74) is 3.18. The van der Waals surface area contributed by atoms with Gasteiger partial charge in [-0.25, -0.2) is 4.39 Å². The second-order valence-electron chi connectivity index (χ2n) is 8.07. The maximum atomic E-state index is 13.3. The minimum atomic E-state index is -0.619. The van der Waals surface area contributed by atoms with Crippen LogP contribution in [0.15, 0.2) is 48.5 Å². The molecule has 1 aliphatic heterocycles. The third kappa shape index (κ3) is 5.97. The van der Waals surface area contributed by atoms with E-state index in [1.54, 1.807) is 19.1 Å². The van der Waals surface area contributed by atoms with Gasteiger partial charge in [-0.3, -0.25) is 14.5 Å². The molecule has 1 fully saturated rings. The summed E-state index contributed by atoms with van der Waals surface area (Å²) >= 11 is 0. The summed E-state index contributed by atoms with van der Waals surface area (Å²) in [5.74, 6) is -1.47. The Labute approximate surface area is 189 Å². The van der Waals surface area contributed by atoms with Crippen molar-refractivity contribution in [2.24, 2.45) is 0 Å². The summed E-state index contributed by atoms with van der Waals surface area (Å²) in [5, 5.41) is 5.32. The number of halogens is 1. The molecule has 0 saturated carbocycles. The Hall–Kier alpha value is -3.13. The molecule has 3 rings (SSSR count). The normalized spacial score (nSPS) is 15.2. The molecule has 8 heteroatoms. The average molecular weight is 442 g/mol. The lowest BCUT2D eigenvalue weighted by Crippen LogP contribution is -2.50. The number of nitrogens with zero attached hydrogens (tertiary/aromatic N) is 3. The molecule has 172 valence electrons. The number of nitrogens with one attached hydrogen (secondary N) is 2. The Bertz CT molecular complexity index is 894. The third-order valence-corrected chi connectivity index (χ3v) is 5.74. The fourth-order valence-electron chi connectivity index (χ4n) is 3.91. The minimum Gasteiger partial charge on any atom is -0.378 e. The number of piperazine rings is 1. The first-order valence-corrected chi connectivity index (χ1v) is 11.0. The summed E-state index contributed by atoms with van der Waals surface area (Å²) < 4.78 is 13.3. The van der Waals surface area contributed by atoms with Crippen molar-refractivity contribution in [2.45, 2.75) is 13.0 Å². The lowest BCUT2D eigenvalue weighted by atomic mass is 10.0. The summed E-state index contributed by atoms with van der Waals surface area (Å²) in [6, 6.07) is 14.8. The molecule has 0 radical (unpaired) electrons. The Morgan fingerprint density at radius 1 is 0.938 bits per heavy atom. The fraction of sp³-hybridized carbons (Fsp3) is 0.417. The van der Waals surface area contributed by atoms with Crippen molar-refractivity contribution < 1.29 is 14.0 Å². The van der Waals surface area contributed by atoms with E-state index in [4.69, 9.17) is 0 Å². The molecule has 0 bridgehead atoms. The van der Waals surface area contributed by atoms with Gasteiger partial charge in [-0.1, -0.05) is 12.1 Å². The number of rotatable bonds is 7. The monoisotopic (exact) mass is 441 g/mol. The largest absolute Gasteiger partial charge is 0.378 e. The zero-order chi connectivity index (χ0) is 23.1. The van der Waals surface area contributed by atoms with E-state index in [2.05, 4.69) is 44.7 Å². The zero-order valence-electron chi connectivity index (χ0n) is 19.0. The molecule has 0 aliphatic carbocycles. The Morgan fingerprint density at radius 2 is 1.53 bits per heavy atom. The fourth-order valence-corrected chi connectivity index (χ4v) is 3.91. The number of benzene rings is 2. The van der Waals surface area contributed by atoms with Crippen LogP contribution in [-0.2, 0) is 9.59 Å². The molecule has 1 saturated heterocycles. The van der Waals surface area contributed by atoms with Crippen LogP contribution in [0.2, 0.25) is 0 Å². The van der Waals surface area contributed by atoms with Crippen LogP contribution < -0.4 is 20.4 Å². The highest BCUT2D eigenvalue weighted by Gasteiger charge is 2.26. The van der Waals surface area contributed by atoms with Gasteiger partial charge in [0.05, 0.1) is 6.04 Å². The van der Waals surface area contributed by atoms with E-state index in [0.29, 0.717) is 13.1 Å². The molecule has 1 atom stereocenters. The van der Waals surface area contributed by atoms with Crippen LogP contribution in [-0.4, -0.2) is 70.1 Å². The van der Waals surface area contributed by atoms with Gasteiger partial charge in [-0.05, 0) is 48.9 Å². The molecule has 2 N–H and O–H groups in total. The molecule has 32 heavy (non-hydrogen) atoms. The quantitative estimate of drug-likeness (QED) is 0.644. The van der Waals surface area contributed by atoms with Crippen LogP contribution in [0, 0.1) is 5.82 Å². The van der Waals surface area contributed by atoms with Gasteiger partial charge in [0, 0.05) is 64.7 Å². The second kappa shape index (κ2) is 10.9. The summed E-state index contributed by atoms with van der Waals surface area (Å²) in [6.07, 6.45) is 0. The van der Waals surface area contributed by atoms with Gasteiger partial charge in [0.25, 0.3) is 0 Å². The number of anilines is 2. The van der Waals surface area contributed by atoms with Crippen LogP contribution in [0.1, 0.15) is 18.5 Å². The summed E-state index contributed by atoms with van der Waals surface area (Å²) in [7, 11) is 3.99. The molecular weight excluding hydrogens is 409 g/mol. The highest BCUT2D eigenvalue weighted by molar-refractivity contribution is 6.35. The summed E-state index contributed by atoms with van der Waals surface area (Å²) in [4.78, 5) is 30.6. The third-order valence-electron chi connectivity index (χ3n) is 5.74. The van der Waals surface area contributed by atoms with Gasteiger partial charge >= 0.3 is 11.8 Å². The molecule has 7 nitrogen and oxygen atoms in total. The Kier molecular flexibility index (Phi) is 8.05. The van der Waals surface area contributed by atoms with E-state index >= 15 is 0 Å². The molecular formula is C24H32FN5O2. The highest BCUT2D eigenvalue weighted by atomic mass is 19.1. The van der Waals surface area contributed by atoms with E-state index < -0.39 is 11.8 Å². The SMILES string of the molecule is CCNC(=O)C(=O)NC[C@H](c1ccc(N(C)C)cc1)N1CCN(c2ccc(F)cc2)CC1. The van der Waals surface area contributed by atoms with Crippen molar-refractivity contribution in [1.29, 1.82) is 0 Å². The number of amides is 2. The first-order chi connectivity index (χ1) is 15.4. The molecule has 1 heterocycles. The van der Waals surface area contributed by atoms with Crippen molar-refractivity contribution in [3.05, 3.63) is 59.9 Å². The Morgan fingerprint density at radius 3 is 2.09 bits per heavy atom. The first-order valence-electron chi connectivity index (χ1n) is 11.0. The molecule has 2 aromatic carbocycles. The van der Waals surface area contributed by atoms with Gasteiger partial charge in [0.15, 0.2) is 0 Å². The van der Waals surface area contributed by atoms with Crippen LogP contribution in [0.3, 0.4) is 0 Å². The number of carbonyl (C=O) groups is 2. The lowest BCUT2D eigenvalue weighted by Gasteiger charge is -2.40. The van der Waals surface area contributed by atoms with Crippen molar-refractivity contribution in [3.63, 3.8) is 0 Å².